The fourth-order valence-electron chi connectivity index (χ4n) is 3.61. The van der Waals surface area contributed by atoms with Gasteiger partial charge < -0.3 is 8.98 Å². The SMILES string of the molecule is Cc1cc(C(=O)CSc2nnc(-c3ccco3)n2Cc2ccccc2)c(C)n1CC(F)(F)F. The smallest absolute Gasteiger partial charge is 0.406 e. The van der Waals surface area contributed by atoms with Crippen LogP contribution in [0.3, 0.4) is 0 Å². The molecule has 33 heavy (non-hydrogen) atoms. The minimum absolute atomic E-state index is 0.0153. The van der Waals surface area contributed by atoms with Crippen LogP contribution in [0.25, 0.3) is 11.6 Å². The average molecular weight is 475 g/mol. The van der Waals surface area contributed by atoms with Crippen molar-refractivity contribution in [3.8, 4) is 11.6 Å². The van der Waals surface area contributed by atoms with Gasteiger partial charge in [-0.05, 0) is 37.6 Å². The highest BCUT2D eigenvalue weighted by atomic mass is 32.2. The molecule has 4 rings (SSSR count). The number of hydrogen-bond donors (Lipinski definition) is 0. The molecule has 4 aromatic rings. The van der Waals surface area contributed by atoms with Gasteiger partial charge in [-0.15, -0.1) is 10.2 Å². The van der Waals surface area contributed by atoms with Crippen LogP contribution in [0.4, 0.5) is 13.2 Å². The molecule has 0 aliphatic carbocycles. The zero-order valence-corrected chi connectivity index (χ0v) is 18.8. The molecule has 0 bridgehead atoms. The monoisotopic (exact) mass is 474 g/mol. The highest BCUT2D eigenvalue weighted by molar-refractivity contribution is 7.99. The summed E-state index contributed by atoms with van der Waals surface area (Å²) < 4.78 is 47.1. The number of halogens is 3. The van der Waals surface area contributed by atoms with E-state index in [0.717, 1.165) is 10.1 Å². The van der Waals surface area contributed by atoms with E-state index in [9.17, 15) is 18.0 Å². The number of nitrogens with zero attached hydrogens (tertiary/aromatic N) is 4. The molecule has 0 atom stereocenters. The molecule has 0 spiro atoms. The Morgan fingerprint density at radius 2 is 1.82 bits per heavy atom. The Balaban J connectivity index is 1.56. The number of Topliss-reactive ketones (excluding diaryl/α,β-unsaturated/α-hetero) is 1. The van der Waals surface area contributed by atoms with Gasteiger partial charge in [-0.25, -0.2) is 0 Å². The fourth-order valence-corrected chi connectivity index (χ4v) is 4.43. The maximum Gasteiger partial charge on any atom is 0.406 e. The number of aryl methyl sites for hydroxylation is 1. The third-order valence-electron chi connectivity index (χ3n) is 5.19. The average Bonchev–Trinajstić information content (AvgIpc) is 3.49. The predicted molar refractivity (Wildman–Crippen MR) is 118 cm³/mol. The summed E-state index contributed by atoms with van der Waals surface area (Å²) in [6.07, 6.45) is -2.82. The number of aromatic nitrogens is 4. The van der Waals surface area contributed by atoms with Gasteiger partial charge in [0.1, 0.15) is 6.54 Å². The van der Waals surface area contributed by atoms with E-state index in [-0.39, 0.29) is 17.1 Å². The quantitative estimate of drug-likeness (QED) is 0.248. The summed E-state index contributed by atoms with van der Waals surface area (Å²) >= 11 is 1.19. The van der Waals surface area contributed by atoms with Crippen LogP contribution in [0.1, 0.15) is 27.3 Å². The molecule has 172 valence electrons. The summed E-state index contributed by atoms with van der Waals surface area (Å²) in [5.41, 5.74) is 2.00. The van der Waals surface area contributed by atoms with Crippen molar-refractivity contribution in [3.05, 3.63) is 77.3 Å². The molecule has 0 saturated carbocycles. The molecule has 10 heteroatoms. The molecule has 0 saturated heterocycles. The Morgan fingerprint density at radius 3 is 2.48 bits per heavy atom. The van der Waals surface area contributed by atoms with Crippen LogP contribution in [-0.4, -0.2) is 37.0 Å². The minimum atomic E-state index is -4.36. The zero-order valence-electron chi connectivity index (χ0n) is 18.0. The number of benzene rings is 1. The number of alkyl halides is 3. The Morgan fingerprint density at radius 1 is 1.06 bits per heavy atom. The number of rotatable bonds is 8. The molecular formula is C23H21F3N4O2S. The third-order valence-corrected chi connectivity index (χ3v) is 6.15. The number of hydrogen-bond acceptors (Lipinski definition) is 5. The lowest BCUT2D eigenvalue weighted by Gasteiger charge is -2.12. The Bertz CT molecular complexity index is 1240. The van der Waals surface area contributed by atoms with Crippen molar-refractivity contribution in [1.29, 1.82) is 0 Å². The molecule has 3 aromatic heterocycles. The standard InChI is InChI=1S/C23H21F3N4O2S/c1-15-11-18(16(2)30(15)14-23(24,25)26)19(31)13-33-22-28-27-21(20-9-6-10-32-20)29(22)12-17-7-4-3-5-8-17/h3-11H,12-14H2,1-2H3. The lowest BCUT2D eigenvalue weighted by Crippen LogP contribution is -2.19. The minimum Gasteiger partial charge on any atom is -0.461 e. The summed E-state index contributed by atoms with van der Waals surface area (Å²) in [5, 5.41) is 8.99. The van der Waals surface area contributed by atoms with Crippen molar-refractivity contribution in [2.24, 2.45) is 0 Å². The molecule has 0 unspecified atom stereocenters. The summed E-state index contributed by atoms with van der Waals surface area (Å²) in [7, 11) is 0. The number of carbonyl (C=O) groups is 1. The van der Waals surface area contributed by atoms with E-state index in [1.807, 2.05) is 34.9 Å². The van der Waals surface area contributed by atoms with Crippen molar-refractivity contribution in [3.63, 3.8) is 0 Å². The van der Waals surface area contributed by atoms with Crippen LogP contribution in [-0.2, 0) is 13.1 Å². The third kappa shape index (κ3) is 5.22. The van der Waals surface area contributed by atoms with Crippen LogP contribution in [0, 0.1) is 13.8 Å². The number of carbonyl (C=O) groups excluding carboxylic acids is 1. The maximum atomic E-state index is 12.9. The number of thioether (sulfide) groups is 1. The second-order valence-corrected chi connectivity index (χ2v) is 8.50. The van der Waals surface area contributed by atoms with E-state index in [1.54, 1.807) is 25.3 Å². The van der Waals surface area contributed by atoms with Gasteiger partial charge in [0, 0.05) is 17.0 Å². The van der Waals surface area contributed by atoms with Crippen molar-refractivity contribution >= 4 is 17.5 Å². The lowest BCUT2D eigenvalue weighted by molar-refractivity contribution is -0.141. The van der Waals surface area contributed by atoms with Gasteiger partial charge in [-0.1, -0.05) is 42.1 Å². The van der Waals surface area contributed by atoms with Crippen LogP contribution in [0.5, 0.6) is 0 Å². The summed E-state index contributed by atoms with van der Waals surface area (Å²) in [5.74, 6) is 0.825. The van der Waals surface area contributed by atoms with E-state index in [4.69, 9.17) is 4.42 Å². The molecule has 0 aliphatic rings. The van der Waals surface area contributed by atoms with Crippen molar-refractivity contribution in [2.75, 3.05) is 5.75 Å². The largest absolute Gasteiger partial charge is 0.461 e. The number of ketones is 1. The first-order valence-corrected chi connectivity index (χ1v) is 11.1. The van der Waals surface area contributed by atoms with Crippen molar-refractivity contribution < 1.29 is 22.4 Å². The van der Waals surface area contributed by atoms with Gasteiger partial charge in [0.05, 0.1) is 18.6 Å². The lowest BCUT2D eigenvalue weighted by atomic mass is 10.2. The zero-order chi connectivity index (χ0) is 23.6. The molecular weight excluding hydrogens is 453 g/mol. The fraction of sp³-hybridized carbons (Fsp3) is 0.261. The molecule has 0 fully saturated rings. The van der Waals surface area contributed by atoms with Gasteiger partial charge in [-0.3, -0.25) is 9.36 Å². The Hall–Kier alpha value is -3.27. The van der Waals surface area contributed by atoms with Crippen LogP contribution < -0.4 is 0 Å². The van der Waals surface area contributed by atoms with E-state index >= 15 is 0 Å². The van der Waals surface area contributed by atoms with Gasteiger partial charge in [-0.2, -0.15) is 13.2 Å². The first-order chi connectivity index (χ1) is 15.7. The van der Waals surface area contributed by atoms with Gasteiger partial charge in [0.15, 0.2) is 16.7 Å². The summed E-state index contributed by atoms with van der Waals surface area (Å²) in [4.78, 5) is 12.9. The number of furan rings is 1. The van der Waals surface area contributed by atoms with E-state index in [1.165, 1.54) is 24.8 Å². The summed E-state index contributed by atoms with van der Waals surface area (Å²) in [6, 6.07) is 14.8. The second kappa shape index (κ2) is 9.30. The summed E-state index contributed by atoms with van der Waals surface area (Å²) in [6.45, 7) is 2.45. The predicted octanol–water partition coefficient (Wildman–Crippen LogP) is 5.54. The van der Waals surface area contributed by atoms with Gasteiger partial charge in [0.25, 0.3) is 0 Å². The second-order valence-electron chi connectivity index (χ2n) is 7.55. The van der Waals surface area contributed by atoms with Crippen molar-refractivity contribution in [2.45, 2.75) is 38.3 Å². The van der Waals surface area contributed by atoms with E-state index < -0.39 is 12.7 Å². The van der Waals surface area contributed by atoms with Crippen LogP contribution in [0.15, 0.2) is 64.4 Å². The molecule has 6 nitrogen and oxygen atoms in total. The van der Waals surface area contributed by atoms with E-state index in [0.29, 0.717) is 34.7 Å². The molecule has 0 N–H and O–H groups in total. The molecule has 0 radical (unpaired) electrons. The highest BCUT2D eigenvalue weighted by Gasteiger charge is 2.30. The van der Waals surface area contributed by atoms with Gasteiger partial charge >= 0.3 is 6.18 Å². The van der Waals surface area contributed by atoms with Crippen LogP contribution >= 0.6 is 11.8 Å². The Labute approximate surface area is 192 Å². The molecule has 0 aliphatic heterocycles. The normalized spacial score (nSPS) is 11.8. The topological polar surface area (TPSA) is 65.8 Å². The van der Waals surface area contributed by atoms with Crippen molar-refractivity contribution in [1.82, 2.24) is 19.3 Å². The first-order valence-electron chi connectivity index (χ1n) is 10.1. The Kier molecular flexibility index (Phi) is 6.46. The molecule has 3 heterocycles. The highest BCUT2D eigenvalue weighted by Crippen LogP contribution is 2.28. The van der Waals surface area contributed by atoms with Crippen LogP contribution in [0.2, 0.25) is 0 Å². The first kappa shape index (κ1) is 22.9. The van der Waals surface area contributed by atoms with E-state index in [2.05, 4.69) is 10.2 Å². The van der Waals surface area contributed by atoms with Gasteiger partial charge in [0.2, 0.25) is 5.82 Å². The maximum absolute atomic E-state index is 12.9. The molecule has 1 aromatic carbocycles. The molecule has 0 amide bonds.